The maximum atomic E-state index is 5.52. The maximum absolute atomic E-state index is 5.52. The molecule has 1 N–H and O–H groups in total. The number of rotatable bonds is 1. The third-order valence-electron chi connectivity index (χ3n) is 4.42. The van der Waals surface area contributed by atoms with Crippen molar-refractivity contribution in [3.05, 3.63) is 29.3 Å². The van der Waals surface area contributed by atoms with Crippen molar-refractivity contribution < 1.29 is 4.74 Å². The van der Waals surface area contributed by atoms with Crippen molar-refractivity contribution in [1.29, 1.82) is 0 Å². The Bertz CT molecular complexity index is 393. The zero-order valence-electron chi connectivity index (χ0n) is 10.6. The predicted molar refractivity (Wildman–Crippen MR) is 69.6 cm³/mol. The molecule has 92 valence electrons. The summed E-state index contributed by atoms with van der Waals surface area (Å²) in [6.07, 6.45) is 7.65. The molecule has 2 heteroatoms. The van der Waals surface area contributed by atoms with Crippen LogP contribution in [-0.2, 0) is 12.8 Å². The molecule has 1 spiro atoms. The van der Waals surface area contributed by atoms with Gasteiger partial charge in [-0.05, 0) is 55.8 Å². The van der Waals surface area contributed by atoms with Crippen molar-refractivity contribution in [2.24, 2.45) is 0 Å². The fourth-order valence-electron chi connectivity index (χ4n) is 3.43. The molecule has 2 nitrogen and oxygen atoms in total. The van der Waals surface area contributed by atoms with Crippen molar-refractivity contribution in [2.75, 3.05) is 13.7 Å². The number of benzene rings is 1. The van der Waals surface area contributed by atoms with E-state index in [1.165, 1.54) is 49.8 Å². The van der Waals surface area contributed by atoms with Crippen LogP contribution in [0, 0.1) is 0 Å². The number of hydrogen-bond donors (Lipinski definition) is 1. The normalized spacial score (nSPS) is 27.8. The van der Waals surface area contributed by atoms with Crippen molar-refractivity contribution >= 4 is 0 Å². The summed E-state index contributed by atoms with van der Waals surface area (Å²) < 4.78 is 5.52. The Kier molecular flexibility index (Phi) is 2.83. The monoisotopic (exact) mass is 231 g/mol. The average Bonchev–Trinajstić information content (AvgIpc) is 2.39. The van der Waals surface area contributed by atoms with Gasteiger partial charge in [0.2, 0.25) is 0 Å². The van der Waals surface area contributed by atoms with Crippen LogP contribution in [0.5, 0.6) is 5.75 Å². The van der Waals surface area contributed by atoms with E-state index >= 15 is 0 Å². The highest BCUT2D eigenvalue weighted by molar-refractivity contribution is 5.43. The Hall–Kier alpha value is -1.02. The van der Waals surface area contributed by atoms with Gasteiger partial charge < -0.3 is 10.1 Å². The minimum Gasteiger partial charge on any atom is -0.496 e. The van der Waals surface area contributed by atoms with Crippen molar-refractivity contribution in [3.8, 4) is 5.75 Å². The number of methoxy groups -OCH3 is 1. The Morgan fingerprint density at radius 3 is 2.94 bits per heavy atom. The molecule has 0 radical (unpaired) electrons. The zero-order chi connectivity index (χ0) is 11.7. The molecule has 1 aliphatic heterocycles. The zero-order valence-corrected chi connectivity index (χ0v) is 10.6. The van der Waals surface area contributed by atoms with Crippen molar-refractivity contribution in [1.82, 2.24) is 5.32 Å². The first-order valence-corrected chi connectivity index (χ1v) is 6.73. The lowest BCUT2D eigenvalue weighted by atomic mass is 9.73. The smallest absolute Gasteiger partial charge is 0.122 e. The van der Waals surface area contributed by atoms with Crippen LogP contribution in [0.25, 0.3) is 0 Å². The summed E-state index contributed by atoms with van der Waals surface area (Å²) in [5.74, 6) is 1.08. The highest BCUT2D eigenvalue weighted by Gasteiger charge is 2.36. The molecule has 1 atom stereocenters. The number of hydrogen-bond acceptors (Lipinski definition) is 2. The topological polar surface area (TPSA) is 21.3 Å². The van der Waals surface area contributed by atoms with Crippen molar-refractivity contribution in [3.63, 3.8) is 0 Å². The van der Waals surface area contributed by atoms with Crippen LogP contribution in [0.2, 0.25) is 0 Å². The van der Waals surface area contributed by atoms with E-state index in [9.17, 15) is 0 Å². The first-order chi connectivity index (χ1) is 8.33. The fourth-order valence-corrected chi connectivity index (χ4v) is 3.43. The van der Waals surface area contributed by atoms with Gasteiger partial charge in [-0.2, -0.15) is 0 Å². The molecular weight excluding hydrogens is 210 g/mol. The lowest BCUT2D eigenvalue weighted by molar-refractivity contribution is 0.222. The van der Waals surface area contributed by atoms with Gasteiger partial charge in [-0.15, -0.1) is 0 Å². The van der Waals surface area contributed by atoms with Crippen LogP contribution >= 0.6 is 0 Å². The van der Waals surface area contributed by atoms with E-state index in [0.717, 1.165) is 12.2 Å². The van der Waals surface area contributed by atoms with Gasteiger partial charge >= 0.3 is 0 Å². The van der Waals surface area contributed by atoms with Gasteiger partial charge in [-0.1, -0.05) is 18.6 Å². The van der Waals surface area contributed by atoms with Gasteiger partial charge in [0.1, 0.15) is 5.75 Å². The van der Waals surface area contributed by atoms with Gasteiger partial charge in [0.05, 0.1) is 7.11 Å². The number of aryl methyl sites for hydroxylation is 1. The van der Waals surface area contributed by atoms with Gasteiger partial charge in [0.15, 0.2) is 0 Å². The lowest BCUT2D eigenvalue weighted by Gasteiger charge is -2.42. The third-order valence-corrected chi connectivity index (χ3v) is 4.42. The molecule has 1 aliphatic carbocycles. The molecule has 2 aliphatic rings. The highest BCUT2D eigenvalue weighted by atomic mass is 16.5. The summed E-state index contributed by atoms with van der Waals surface area (Å²) >= 11 is 0. The van der Waals surface area contributed by atoms with E-state index in [1.54, 1.807) is 7.11 Å². The summed E-state index contributed by atoms with van der Waals surface area (Å²) in [4.78, 5) is 0. The molecule has 17 heavy (non-hydrogen) atoms. The SMILES string of the molecule is COc1cccc2c1CC1(CCCCN1)CC2. The van der Waals surface area contributed by atoms with Crippen LogP contribution < -0.4 is 10.1 Å². The second kappa shape index (κ2) is 4.34. The summed E-state index contributed by atoms with van der Waals surface area (Å²) in [6, 6.07) is 6.47. The molecule has 3 rings (SSSR count). The molecule has 1 saturated heterocycles. The van der Waals surface area contributed by atoms with Crippen LogP contribution in [0.15, 0.2) is 18.2 Å². The molecule has 1 aromatic rings. The molecule has 0 amide bonds. The Morgan fingerprint density at radius 1 is 1.24 bits per heavy atom. The number of fused-ring (bicyclic) bond motifs is 1. The summed E-state index contributed by atoms with van der Waals surface area (Å²) in [6.45, 7) is 1.19. The van der Waals surface area contributed by atoms with E-state index in [0.29, 0.717) is 5.54 Å². The van der Waals surface area contributed by atoms with E-state index in [2.05, 4.69) is 23.5 Å². The van der Waals surface area contributed by atoms with Crippen LogP contribution in [0.1, 0.15) is 36.8 Å². The van der Waals surface area contributed by atoms with Crippen LogP contribution in [0.4, 0.5) is 0 Å². The van der Waals surface area contributed by atoms with Crippen molar-refractivity contribution in [2.45, 2.75) is 44.1 Å². The average molecular weight is 231 g/mol. The predicted octanol–water partition coefficient (Wildman–Crippen LogP) is 2.70. The van der Waals surface area contributed by atoms with Gasteiger partial charge in [0, 0.05) is 5.54 Å². The van der Waals surface area contributed by atoms with E-state index in [4.69, 9.17) is 4.74 Å². The second-order valence-corrected chi connectivity index (χ2v) is 5.44. The lowest BCUT2D eigenvalue weighted by Crippen LogP contribution is -2.52. The van der Waals surface area contributed by atoms with Crippen LogP contribution in [-0.4, -0.2) is 19.2 Å². The molecular formula is C15H21NO. The molecule has 1 aromatic carbocycles. The number of ether oxygens (including phenoxy) is 1. The summed E-state index contributed by atoms with van der Waals surface area (Å²) in [5.41, 5.74) is 3.29. The van der Waals surface area contributed by atoms with E-state index in [1.807, 2.05) is 0 Å². The quantitative estimate of drug-likeness (QED) is 0.802. The molecule has 0 saturated carbocycles. The fraction of sp³-hybridized carbons (Fsp3) is 0.600. The van der Waals surface area contributed by atoms with Gasteiger partial charge in [-0.3, -0.25) is 0 Å². The van der Waals surface area contributed by atoms with Gasteiger partial charge in [-0.25, -0.2) is 0 Å². The van der Waals surface area contributed by atoms with Crippen LogP contribution in [0.3, 0.4) is 0 Å². The Morgan fingerprint density at radius 2 is 2.18 bits per heavy atom. The van der Waals surface area contributed by atoms with Gasteiger partial charge in [0.25, 0.3) is 0 Å². The molecule has 1 heterocycles. The summed E-state index contributed by atoms with van der Waals surface area (Å²) in [7, 11) is 1.78. The first kappa shape index (κ1) is 11.1. The maximum Gasteiger partial charge on any atom is 0.122 e. The minimum absolute atomic E-state index is 0.361. The second-order valence-electron chi connectivity index (χ2n) is 5.44. The Labute approximate surface area is 103 Å². The molecule has 0 aromatic heterocycles. The molecule has 1 unspecified atom stereocenters. The largest absolute Gasteiger partial charge is 0.496 e. The minimum atomic E-state index is 0.361. The molecule has 1 fully saturated rings. The van der Waals surface area contributed by atoms with E-state index < -0.39 is 0 Å². The highest BCUT2D eigenvalue weighted by Crippen LogP contribution is 2.38. The third kappa shape index (κ3) is 1.95. The molecule has 0 bridgehead atoms. The Balaban J connectivity index is 1.93. The number of piperidine rings is 1. The van der Waals surface area contributed by atoms with E-state index in [-0.39, 0.29) is 0 Å². The number of nitrogens with one attached hydrogen (secondary N) is 1. The standard InChI is InChI=1S/C15H21NO/c1-17-14-6-4-5-12-7-9-15(11-13(12)14)8-2-3-10-16-15/h4-6,16H,2-3,7-11H2,1H3. The first-order valence-electron chi connectivity index (χ1n) is 6.73. The summed E-state index contributed by atoms with van der Waals surface area (Å²) in [5, 5.41) is 3.77.